The summed E-state index contributed by atoms with van der Waals surface area (Å²) < 4.78 is 0. The summed E-state index contributed by atoms with van der Waals surface area (Å²) in [6.07, 6.45) is 0.0513. The predicted molar refractivity (Wildman–Crippen MR) is 70.8 cm³/mol. The van der Waals surface area contributed by atoms with Gasteiger partial charge in [-0.3, -0.25) is 14.5 Å². The standard InChI is InChI=1S/C14H18N2O3/c1-10-4-2-3-5-11(10)13-14(19)15-7-9-16(13)8-6-12(17)18/h2-5,13H,6-9H2,1H3,(H,15,19)(H,17,18). The van der Waals surface area contributed by atoms with Crippen molar-refractivity contribution in [1.29, 1.82) is 0 Å². The molecule has 1 aliphatic heterocycles. The van der Waals surface area contributed by atoms with Gasteiger partial charge in [0.05, 0.1) is 6.42 Å². The minimum absolute atomic E-state index is 0.0501. The van der Waals surface area contributed by atoms with E-state index in [0.717, 1.165) is 11.1 Å². The van der Waals surface area contributed by atoms with Gasteiger partial charge in [0, 0.05) is 19.6 Å². The number of nitrogens with zero attached hydrogens (tertiary/aromatic N) is 1. The Balaban J connectivity index is 2.23. The Morgan fingerprint density at radius 3 is 2.89 bits per heavy atom. The fourth-order valence-corrected chi connectivity index (χ4v) is 2.43. The molecule has 5 heteroatoms. The monoisotopic (exact) mass is 262 g/mol. The fraction of sp³-hybridized carbons (Fsp3) is 0.429. The summed E-state index contributed by atoms with van der Waals surface area (Å²) in [5.74, 6) is -0.888. The number of benzene rings is 1. The van der Waals surface area contributed by atoms with Crippen LogP contribution >= 0.6 is 0 Å². The van der Waals surface area contributed by atoms with Gasteiger partial charge in [-0.2, -0.15) is 0 Å². The summed E-state index contributed by atoms with van der Waals surface area (Å²) in [7, 11) is 0. The highest BCUT2D eigenvalue weighted by Gasteiger charge is 2.31. The second-order valence-electron chi connectivity index (χ2n) is 4.73. The van der Waals surface area contributed by atoms with Crippen LogP contribution in [0.5, 0.6) is 0 Å². The third kappa shape index (κ3) is 3.12. The van der Waals surface area contributed by atoms with E-state index in [1.807, 2.05) is 36.1 Å². The second-order valence-corrected chi connectivity index (χ2v) is 4.73. The van der Waals surface area contributed by atoms with Gasteiger partial charge >= 0.3 is 5.97 Å². The van der Waals surface area contributed by atoms with Gasteiger partial charge in [0.15, 0.2) is 0 Å². The Morgan fingerprint density at radius 1 is 1.47 bits per heavy atom. The van der Waals surface area contributed by atoms with Crippen molar-refractivity contribution in [3.8, 4) is 0 Å². The Hall–Kier alpha value is -1.88. The lowest BCUT2D eigenvalue weighted by Crippen LogP contribution is -2.50. The van der Waals surface area contributed by atoms with Crippen LogP contribution < -0.4 is 5.32 Å². The summed E-state index contributed by atoms with van der Waals surface area (Å²) in [5.41, 5.74) is 2.00. The Morgan fingerprint density at radius 2 is 2.21 bits per heavy atom. The number of rotatable bonds is 4. The normalized spacial score (nSPS) is 20.1. The Bertz CT molecular complexity index is 487. The molecule has 2 N–H and O–H groups in total. The molecule has 0 aromatic heterocycles. The fourth-order valence-electron chi connectivity index (χ4n) is 2.43. The minimum atomic E-state index is -0.838. The molecule has 0 aliphatic carbocycles. The van der Waals surface area contributed by atoms with Crippen molar-refractivity contribution in [2.75, 3.05) is 19.6 Å². The number of piperazine rings is 1. The molecule has 0 bridgehead atoms. The molecular formula is C14H18N2O3. The molecule has 1 amide bonds. The van der Waals surface area contributed by atoms with E-state index in [1.54, 1.807) is 0 Å². The molecule has 0 saturated carbocycles. The number of aryl methyl sites for hydroxylation is 1. The summed E-state index contributed by atoms with van der Waals surface area (Å²) in [6, 6.07) is 7.35. The van der Waals surface area contributed by atoms with Crippen LogP contribution in [0.15, 0.2) is 24.3 Å². The molecule has 1 aromatic carbocycles. The molecule has 102 valence electrons. The lowest BCUT2D eigenvalue weighted by atomic mass is 9.97. The first kappa shape index (κ1) is 13.5. The first-order valence-electron chi connectivity index (χ1n) is 6.38. The number of carboxylic acid groups (broad SMARTS) is 1. The van der Waals surface area contributed by atoms with E-state index in [9.17, 15) is 9.59 Å². The van der Waals surface area contributed by atoms with Crippen LogP contribution in [0.4, 0.5) is 0 Å². The number of carbonyl (C=O) groups excluding carboxylic acids is 1. The molecule has 19 heavy (non-hydrogen) atoms. The molecule has 1 unspecified atom stereocenters. The number of carbonyl (C=O) groups is 2. The van der Waals surface area contributed by atoms with E-state index in [4.69, 9.17) is 5.11 Å². The van der Waals surface area contributed by atoms with Gasteiger partial charge in [0.25, 0.3) is 0 Å². The summed E-state index contributed by atoms with van der Waals surface area (Å²) in [4.78, 5) is 24.7. The number of carboxylic acids is 1. The largest absolute Gasteiger partial charge is 0.481 e. The Kier molecular flexibility index (Phi) is 4.16. The third-order valence-corrected chi connectivity index (χ3v) is 3.41. The van der Waals surface area contributed by atoms with Crippen molar-refractivity contribution in [2.45, 2.75) is 19.4 Å². The minimum Gasteiger partial charge on any atom is -0.481 e. The molecule has 0 spiro atoms. The van der Waals surface area contributed by atoms with Crippen LogP contribution in [-0.4, -0.2) is 41.5 Å². The van der Waals surface area contributed by atoms with E-state index >= 15 is 0 Å². The van der Waals surface area contributed by atoms with Crippen molar-refractivity contribution in [2.24, 2.45) is 0 Å². The molecule has 1 heterocycles. The molecule has 1 fully saturated rings. The van der Waals surface area contributed by atoms with Crippen LogP contribution in [0.25, 0.3) is 0 Å². The highest BCUT2D eigenvalue weighted by Crippen LogP contribution is 2.25. The first-order valence-corrected chi connectivity index (χ1v) is 6.38. The molecule has 1 aliphatic rings. The SMILES string of the molecule is Cc1ccccc1C1C(=O)NCCN1CCC(=O)O. The maximum absolute atomic E-state index is 12.1. The number of amides is 1. The molecule has 5 nitrogen and oxygen atoms in total. The average molecular weight is 262 g/mol. The van der Waals surface area contributed by atoms with Crippen LogP contribution in [-0.2, 0) is 9.59 Å². The number of aliphatic carboxylic acids is 1. The highest BCUT2D eigenvalue weighted by atomic mass is 16.4. The van der Waals surface area contributed by atoms with Crippen molar-refractivity contribution in [1.82, 2.24) is 10.2 Å². The third-order valence-electron chi connectivity index (χ3n) is 3.41. The van der Waals surface area contributed by atoms with Gasteiger partial charge in [-0.25, -0.2) is 0 Å². The lowest BCUT2D eigenvalue weighted by Gasteiger charge is -2.35. The van der Waals surface area contributed by atoms with Gasteiger partial charge in [0.2, 0.25) is 5.91 Å². The van der Waals surface area contributed by atoms with Crippen LogP contribution in [0, 0.1) is 6.92 Å². The zero-order chi connectivity index (χ0) is 13.8. The smallest absolute Gasteiger partial charge is 0.304 e. The van der Waals surface area contributed by atoms with Crippen molar-refractivity contribution in [3.05, 3.63) is 35.4 Å². The Labute approximate surface area is 112 Å². The topological polar surface area (TPSA) is 69.6 Å². The lowest BCUT2D eigenvalue weighted by molar-refractivity contribution is -0.139. The van der Waals surface area contributed by atoms with Crippen LogP contribution in [0.2, 0.25) is 0 Å². The van der Waals surface area contributed by atoms with Crippen molar-refractivity contribution in [3.63, 3.8) is 0 Å². The maximum atomic E-state index is 12.1. The zero-order valence-corrected chi connectivity index (χ0v) is 10.9. The van der Waals surface area contributed by atoms with Crippen LogP contribution in [0.3, 0.4) is 0 Å². The van der Waals surface area contributed by atoms with Gasteiger partial charge < -0.3 is 10.4 Å². The molecule has 2 rings (SSSR count). The maximum Gasteiger partial charge on any atom is 0.304 e. The van der Waals surface area contributed by atoms with Gasteiger partial charge in [-0.05, 0) is 18.1 Å². The summed E-state index contributed by atoms with van der Waals surface area (Å²) in [6.45, 7) is 3.60. The summed E-state index contributed by atoms with van der Waals surface area (Å²) in [5, 5.41) is 11.6. The predicted octanol–water partition coefficient (Wildman–Crippen LogP) is 0.943. The number of hydrogen-bond donors (Lipinski definition) is 2. The highest BCUT2D eigenvalue weighted by molar-refractivity contribution is 5.84. The van der Waals surface area contributed by atoms with E-state index in [-0.39, 0.29) is 18.4 Å². The van der Waals surface area contributed by atoms with Crippen LogP contribution in [0.1, 0.15) is 23.6 Å². The summed E-state index contributed by atoms with van der Waals surface area (Å²) >= 11 is 0. The van der Waals surface area contributed by atoms with E-state index in [1.165, 1.54) is 0 Å². The van der Waals surface area contributed by atoms with Crippen molar-refractivity contribution >= 4 is 11.9 Å². The van der Waals surface area contributed by atoms with Gasteiger partial charge in [-0.1, -0.05) is 24.3 Å². The first-order chi connectivity index (χ1) is 9.09. The molecule has 0 radical (unpaired) electrons. The molecule has 1 aromatic rings. The average Bonchev–Trinajstić information content (AvgIpc) is 2.37. The van der Waals surface area contributed by atoms with Crippen molar-refractivity contribution < 1.29 is 14.7 Å². The molecule has 1 atom stereocenters. The second kappa shape index (κ2) is 5.84. The molecular weight excluding hydrogens is 244 g/mol. The van der Waals surface area contributed by atoms with E-state index in [0.29, 0.717) is 19.6 Å². The van der Waals surface area contributed by atoms with E-state index in [2.05, 4.69) is 5.32 Å². The number of nitrogens with one attached hydrogen (secondary N) is 1. The number of hydrogen-bond acceptors (Lipinski definition) is 3. The van der Waals surface area contributed by atoms with E-state index < -0.39 is 5.97 Å². The van der Waals surface area contributed by atoms with Gasteiger partial charge in [-0.15, -0.1) is 0 Å². The van der Waals surface area contributed by atoms with Gasteiger partial charge in [0.1, 0.15) is 6.04 Å². The molecule has 1 saturated heterocycles. The quantitative estimate of drug-likeness (QED) is 0.847. The zero-order valence-electron chi connectivity index (χ0n) is 10.9.